The Hall–Kier alpha value is -2.77. The van der Waals surface area contributed by atoms with E-state index in [2.05, 4.69) is 17.2 Å². The first kappa shape index (κ1) is 14.6. The van der Waals surface area contributed by atoms with Gasteiger partial charge in [-0.2, -0.15) is 0 Å². The molecule has 2 N–H and O–H groups in total. The van der Waals surface area contributed by atoms with E-state index in [0.717, 1.165) is 5.56 Å². The van der Waals surface area contributed by atoms with Crippen LogP contribution in [-0.4, -0.2) is 24.7 Å². The van der Waals surface area contributed by atoms with Gasteiger partial charge in [0.05, 0.1) is 7.11 Å². The molecule has 0 aromatic heterocycles. The lowest BCUT2D eigenvalue weighted by atomic mass is 10.1. The van der Waals surface area contributed by atoms with Crippen LogP contribution in [0.15, 0.2) is 48.5 Å². The number of aliphatic hydroxyl groups is 1. The second-order valence-electron chi connectivity index (χ2n) is 4.22. The molecule has 4 nitrogen and oxygen atoms in total. The predicted molar refractivity (Wildman–Crippen MR) is 81.4 cm³/mol. The molecule has 0 fully saturated rings. The zero-order valence-corrected chi connectivity index (χ0v) is 11.6. The fourth-order valence-electron chi connectivity index (χ4n) is 1.75. The number of amides is 1. The largest absolute Gasteiger partial charge is 0.497 e. The zero-order chi connectivity index (χ0) is 15.1. The molecular formula is C17H15NO3. The van der Waals surface area contributed by atoms with Gasteiger partial charge in [0.1, 0.15) is 12.4 Å². The maximum atomic E-state index is 12.1. The molecule has 0 bridgehead atoms. The Labute approximate surface area is 123 Å². The number of methoxy groups -OCH3 is 1. The van der Waals surface area contributed by atoms with E-state index < -0.39 is 0 Å². The van der Waals surface area contributed by atoms with E-state index >= 15 is 0 Å². The summed E-state index contributed by atoms with van der Waals surface area (Å²) in [5.74, 6) is 5.81. The monoisotopic (exact) mass is 281 g/mol. The third kappa shape index (κ3) is 4.10. The summed E-state index contributed by atoms with van der Waals surface area (Å²) in [4.78, 5) is 12.1. The molecule has 0 saturated heterocycles. The van der Waals surface area contributed by atoms with Gasteiger partial charge < -0.3 is 15.2 Å². The van der Waals surface area contributed by atoms with Crippen molar-refractivity contribution in [2.24, 2.45) is 0 Å². The zero-order valence-electron chi connectivity index (χ0n) is 11.6. The number of anilines is 1. The molecule has 21 heavy (non-hydrogen) atoms. The van der Waals surface area contributed by atoms with E-state index in [1.54, 1.807) is 43.5 Å². The Kier molecular flexibility index (Phi) is 4.97. The number of hydrogen-bond acceptors (Lipinski definition) is 3. The lowest BCUT2D eigenvalue weighted by molar-refractivity contribution is 0.102. The summed E-state index contributed by atoms with van der Waals surface area (Å²) in [6, 6.07) is 14.0. The smallest absolute Gasteiger partial charge is 0.255 e. The maximum absolute atomic E-state index is 12.1. The van der Waals surface area contributed by atoms with Crippen molar-refractivity contribution >= 4 is 11.6 Å². The van der Waals surface area contributed by atoms with Crippen LogP contribution in [0.5, 0.6) is 5.75 Å². The second kappa shape index (κ2) is 7.13. The number of benzene rings is 2. The second-order valence-corrected chi connectivity index (χ2v) is 4.22. The van der Waals surface area contributed by atoms with Gasteiger partial charge in [-0.05, 0) is 36.4 Å². The van der Waals surface area contributed by atoms with Crippen molar-refractivity contribution < 1.29 is 14.6 Å². The minimum Gasteiger partial charge on any atom is -0.497 e. The van der Waals surface area contributed by atoms with Crippen molar-refractivity contribution in [1.82, 2.24) is 0 Å². The number of ether oxygens (including phenoxy) is 1. The molecule has 2 aromatic carbocycles. The number of carbonyl (C=O) groups excluding carboxylic acids is 1. The van der Waals surface area contributed by atoms with Crippen LogP contribution < -0.4 is 10.1 Å². The van der Waals surface area contributed by atoms with Crippen molar-refractivity contribution in [3.63, 3.8) is 0 Å². The van der Waals surface area contributed by atoms with E-state index in [4.69, 9.17) is 9.84 Å². The summed E-state index contributed by atoms with van der Waals surface area (Å²) in [5.41, 5.74) is 1.96. The fourth-order valence-corrected chi connectivity index (χ4v) is 1.75. The lowest BCUT2D eigenvalue weighted by Gasteiger charge is -2.07. The van der Waals surface area contributed by atoms with E-state index in [0.29, 0.717) is 17.0 Å². The minimum atomic E-state index is -0.204. The van der Waals surface area contributed by atoms with Crippen molar-refractivity contribution in [2.75, 3.05) is 19.0 Å². The van der Waals surface area contributed by atoms with Gasteiger partial charge in [-0.3, -0.25) is 4.79 Å². The normalized spacial score (nSPS) is 9.43. The molecule has 0 aliphatic carbocycles. The van der Waals surface area contributed by atoms with Crippen LogP contribution in [0.3, 0.4) is 0 Å². The molecule has 0 saturated carbocycles. The molecule has 0 unspecified atom stereocenters. The number of rotatable bonds is 3. The summed E-state index contributed by atoms with van der Waals surface area (Å²) in [6.07, 6.45) is 0. The number of carbonyl (C=O) groups is 1. The van der Waals surface area contributed by atoms with Gasteiger partial charge in [0, 0.05) is 22.9 Å². The standard InChI is InChI=1S/C17H15NO3/c1-21-16-6-2-5-15(12-16)18-17(20)14-9-7-13(8-10-14)4-3-11-19/h2,5-10,12,19H,11H2,1H3,(H,18,20). The van der Waals surface area contributed by atoms with Crippen LogP contribution in [0.1, 0.15) is 15.9 Å². The first-order valence-corrected chi connectivity index (χ1v) is 6.38. The Bertz CT molecular complexity index is 681. The van der Waals surface area contributed by atoms with Gasteiger partial charge in [-0.15, -0.1) is 0 Å². The molecule has 0 heterocycles. The van der Waals surface area contributed by atoms with Crippen LogP contribution in [-0.2, 0) is 0 Å². The number of aliphatic hydroxyl groups excluding tert-OH is 1. The van der Waals surface area contributed by atoms with Gasteiger partial charge in [0.15, 0.2) is 0 Å². The van der Waals surface area contributed by atoms with E-state index in [9.17, 15) is 4.79 Å². The molecule has 2 aromatic rings. The topological polar surface area (TPSA) is 58.6 Å². The van der Waals surface area contributed by atoms with Crippen LogP contribution >= 0.6 is 0 Å². The number of nitrogens with one attached hydrogen (secondary N) is 1. The lowest BCUT2D eigenvalue weighted by Crippen LogP contribution is -2.11. The van der Waals surface area contributed by atoms with Crippen molar-refractivity contribution in [1.29, 1.82) is 0 Å². The maximum Gasteiger partial charge on any atom is 0.255 e. The summed E-state index contributed by atoms with van der Waals surface area (Å²) in [6.45, 7) is -0.182. The van der Waals surface area contributed by atoms with Crippen LogP contribution in [0.4, 0.5) is 5.69 Å². The molecule has 4 heteroatoms. The Morgan fingerprint density at radius 3 is 2.67 bits per heavy atom. The number of hydrogen-bond donors (Lipinski definition) is 2. The minimum absolute atomic E-state index is 0.182. The molecule has 0 aliphatic heterocycles. The molecule has 2 rings (SSSR count). The highest BCUT2D eigenvalue weighted by atomic mass is 16.5. The summed E-state index contributed by atoms with van der Waals surface area (Å²) in [5, 5.41) is 11.4. The molecule has 1 amide bonds. The quantitative estimate of drug-likeness (QED) is 0.849. The molecule has 0 aliphatic rings. The molecule has 106 valence electrons. The highest BCUT2D eigenvalue weighted by Crippen LogP contribution is 2.17. The Balaban J connectivity index is 2.09. The van der Waals surface area contributed by atoms with Gasteiger partial charge in [-0.1, -0.05) is 17.9 Å². The molecular weight excluding hydrogens is 266 g/mol. The van der Waals surface area contributed by atoms with E-state index in [-0.39, 0.29) is 12.5 Å². The Morgan fingerprint density at radius 2 is 2.00 bits per heavy atom. The summed E-state index contributed by atoms with van der Waals surface area (Å²) in [7, 11) is 1.58. The van der Waals surface area contributed by atoms with Crippen molar-refractivity contribution in [3.8, 4) is 17.6 Å². The van der Waals surface area contributed by atoms with E-state index in [1.165, 1.54) is 0 Å². The van der Waals surface area contributed by atoms with Crippen molar-refractivity contribution in [2.45, 2.75) is 0 Å². The average Bonchev–Trinajstić information content (AvgIpc) is 2.53. The highest BCUT2D eigenvalue weighted by molar-refractivity contribution is 6.04. The molecule has 0 atom stereocenters. The van der Waals surface area contributed by atoms with Gasteiger partial charge >= 0.3 is 0 Å². The third-order valence-electron chi connectivity index (χ3n) is 2.79. The summed E-state index contributed by atoms with van der Waals surface area (Å²) < 4.78 is 5.11. The highest BCUT2D eigenvalue weighted by Gasteiger charge is 2.06. The van der Waals surface area contributed by atoms with E-state index in [1.807, 2.05) is 12.1 Å². The first-order valence-electron chi connectivity index (χ1n) is 6.38. The molecule has 0 spiro atoms. The SMILES string of the molecule is COc1cccc(NC(=O)c2ccc(C#CCO)cc2)c1. The van der Waals surface area contributed by atoms with Crippen LogP contribution in [0, 0.1) is 11.8 Å². The van der Waals surface area contributed by atoms with Crippen LogP contribution in [0.2, 0.25) is 0 Å². The predicted octanol–water partition coefficient (Wildman–Crippen LogP) is 2.29. The first-order chi connectivity index (χ1) is 10.2. The van der Waals surface area contributed by atoms with Gasteiger partial charge in [0.2, 0.25) is 0 Å². The molecule has 0 radical (unpaired) electrons. The van der Waals surface area contributed by atoms with Gasteiger partial charge in [0.25, 0.3) is 5.91 Å². The van der Waals surface area contributed by atoms with Crippen LogP contribution in [0.25, 0.3) is 0 Å². The Morgan fingerprint density at radius 1 is 1.24 bits per heavy atom. The average molecular weight is 281 g/mol. The fraction of sp³-hybridized carbons (Fsp3) is 0.118. The van der Waals surface area contributed by atoms with Crippen molar-refractivity contribution in [3.05, 3.63) is 59.7 Å². The summed E-state index contributed by atoms with van der Waals surface area (Å²) >= 11 is 0. The third-order valence-corrected chi connectivity index (χ3v) is 2.79. The van der Waals surface area contributed by atoms with Gasteiger partial charge in [-0.25, -0.2) is 0 Å².